The fraction of sp³-hybridized carbons (Fsp3) is 0.632. The van der Waals surface area contributed by atoms with Crippen LogP contribution in [0.1, 0.15) is 49.9 Å². The summed E-state index contributed by atoms with van der Waals surface area (Å²) in [6.07, 6.45) is 4.01. The Hall–Kier alpha value is -1.86. The second-order valence-electron chi connectivity index (χ2n) is 7.60. The second kappa shape index (κ2) is 9.37. The number of nitrogens with one attached hydrogen (secondary N) is 2. The normalized spacial score (nSPS) is 23.4. The highest BCUT2D eigenvalue weighted by Crippen LogP contribution is 2.32. The largest absolute Gasteiger partial charge is 0.366 e. The van der Waals surface area contributed by atoms with Gasteiger partial charge in [0.15, 0.2) is 0 Å². The van der Waals surface area contributed by atoms with Gasteiger partial charge in [-0.25, -0.2) is 0 Å². The quantitative estimate of drug-likeness (QED) is 0.603. The van der Waals surface area contributed by atoms with Crippen molar-refractivity contribution in [2.75, 3.05) is 24.5 Å². The van der Waals surface area contributed by atoms with Crippen molar-refractivity contribution >= 4 is 29.7 Å². The third-order valence-corrected chi connectivity index (χ3v) is 5.64. The lowest BCUT2D eigenvalue weighted by atomic mass is 9.98. The molecule has 2 saturated heterocycles. The molecular weight excluding hydrogens is 368 g/mol. The number of rotatable bonds is 4. The van der Waals surface area contributed by atoms with Gasteiger partial charge in [0.25, 0.3) is 11.6 Å². The molecule has 2 aliphatic heterocycles. The van der Waals surface area contributed by atoms with Gasteiger partial charge in [-0.1, -0.05) is 6.92 Å². The van der Waals surface area contributed by atoms with Gasteiger partial charge in [0.05, 0.1) is 4.92 Å². The van der Waals surface area contributed by atoms with Gasteiger partial charge in [0.2, 0.25) is 0 Å². The van der Waals surface area contributed by atoms with E-state index in [-0.39, 0.29) is 41.0 Å². The molecule has 3 rings (SSSR count). The zero-order valence-electron chi connectivity index (χ0n) is 15.9. The predicted octanol–water partition coefficient (Wildman–Crippen LogP) is 3.12. The third-order valence-electron chi connectivity index (χ3n) is 5.64. The first-order valence-electron chi connectivity index (χ1n) is 9.53. The number of nitrogens with zero attached hydrogens (tertiary/aromatic N) is 2. The number of piperidine rings is 2. The van der Waals surface area contributed by atoms with Gasteiger partial charge in [-0.15, -0.1) is 12.4 Å². The maximum absolute atomic E-state index is 12.6. The van der Waals surface area contributed by atoms with Crippen LogP contribution in [0.3, 0.4) is 0 Å². The molecule has 0 bridgehead atoms. The maximum atomic E-state index is 12.6. The Kier molecular flexibility index (Phi) is 7.44. The summed E-state index contributed by atoms with van der Waals surface area (Å²) in [7, 11) is 0. The van der Waals surface area contributed by atoms with Crippen molar-refractivity contribution in [2.24, 2.45) is 5.92 Å². The fourth-order valence-corrected chi connectivity index (χ4v) is 3.82. The third kappa shape index (κ3) is 5.11. The van der Waals surface area contributed by atoms with Gasteiger partial charge in [-0.05, 0) is 57.2 Å². The lowest BCUT2D eigenvalue weighted by Crippen LogP contribution is -2.51. The number of halogens is 1. The number of carbonyl (C=O) groups excluding carboxylic acids is 1. The SMILES string of the molecule is CC1CCN(c2ccc(C(=O)NC3CCCNC3C)cc2[N+](=O)[O-])CC1.Cl. The number of anilines is 1. The summed E-state index contributed by atoms with van der Waals surface area (Å²) in [6, 6.07) is 5.11. The van der Waals surface area contributed by atoms with E-state index in [4.69, 9.17) is 0 Å². The Balaban J connectivity index is 0.00000261. The van der Waals surface area contributed by atoms with E-state index in [1.165, 1.54) is 6.07 Å². The summed E-state index contributed by atoms with van der Waals surface area (Å²) in [5.41, 5.74) is 0.983. The zero-order chi connectivity index (χ0) is 18.7. The first kappa shape index (κ1) is 21.4. The van der Waals surface area contributed by atoms with Gasteiger partial charge >= 0.3 is 0 Å². The average molecular weight is 397 g/mol. The van der Waals surface area contributed by atoms with Gasteiger partial charge in [-0.2, -0.15) is 0 Å². The standard InChI is InChI=1S/C19H28N4O3.ClH/c1-13-7-10-22(11-8-13)17-6-5-15(12-18(17)23(25)26)19(24)21-16-4-3-9-20-14(16)2;/h5-6,12-14,16,20H,3-4,7-11H2,1-2H3,(H,21,24);1H. The van der Waals surface area contributed by atoms with Crippen LogP contribution in [0.4, 0.5) is 11.4 Å². The monoisotopic (exact) mass is 396 g/mol. The summed E-state index contributed by atoms with van der Waals surface area (Å²) in [5.74, 6) is 0.411. The van der Waals surface area contributed by atoms with Crippen LogP contribution in [0.25, 0.3) is 0 Å². The van der Waals surface area contributed by atoms with Crippen LogP contribution in [0.5, 0.6) is 0 Å². The molecule has 0 radical (unpaired) electrons. The zero-order valence-corrected chi connectivity index (χ0v) is 16.8. The minimum atomic E-state index is -0.380. The first-order valence-corrected chi connectivity index (χ1v) is 9.53. The highest BCUT2D eigenvalue weighted by molar-refractivity contribution is 5.96. The Morgan fingerprint density at radius 2 is 1.96 bits per heavy atom. The number of hydrogen-bond acceptors (Lipinski definition) is 5. The van der Waals surface area contributed by atoms with Crippen molar-refractivity contribution in [3.8, 4) is 0 Å². The highest BCUT2D eigenvalue weighted by atomic mass is 35.5. The molecule has 150 valence electrons. The molecule has 0 aliphatic carbocycles. The average Bonchev–Trinajstić information content (AvgIpc) is 2.63. The Morgan fingerprint density at radius 3 is 2.59 bits per heavy atom. The molecule has 2 unspecified atom stereocenters. The topological polar surface area (TPSA) is 87.5 Å². The molecule has 1 aromatic carbocycles. The molecular formula is C19H29ClN4O3. The van der Waals surface area contributed by atoms with Crippen molar-refractivity contribution in [1.82, 2.24) is 10.6 Å². The Labute approximate surface area is 166 Å². The highest BCUT2D eigenvalue weighted by Gasteiger charge is 2.27. The van der Waals surface area contributed by atoms with Crippen LogP contribution < -0.4 is 15.5 Å². The Morgan fingerprint density at radius 1 is 1.26 bits per heavy atom. The summed E-state index contributed by atoms with van der Waals surface area (Å²) < 4.78 is 0. The van der Waals surface area contributed by atoms with Crippen molar-refractivity contribution in [1.29, 1.82) is 0 Å². The van der Waals surface area contributed by atoms with E-state index in [1.54, 1.807) is 12.1 Å². The van der Waals surface area contributed by atoms with Gasteiger partial charge in [0, 0.05) is 36.8 Å². The van der Waals surface area contributed by atoms with Crippen LogP contribution in [-0.4, -0.2) is 42.5 Å². The van der Waals surface area contributed by atoms with E-state index in [0.29, 0.717) is 17.2 Å². The number of carbonyl (C=O) groups is 1. The summed E-state index contributed by atoms with van der Waals surface area (Å²) in [6.45, 7) is 6.85. The van der Waals surface area contributed by atoms with E-state index in [1.807, 2.05) is 6.92 Å². The van der Waals surface area contributed by atoms with Crippen LogP contribution >= 0.6 is 12.4 Å². The molecule has 1 amide bonds. The Bertz CT molecular complexity index is 677. The molecule has 8 heteroatoms. The van der Waals surface area contributed by atoms with E-state index < -0.39 is 0 Å². The summed E-state index contributed by atoms with van der Waals surface area (Å²) >= 11 is 0. The molecule has 2 aliphatic rings. The molecule has 1 aromatic rings. The molecule has 2 heterocycles. The number of hydrogen-bond donors (Lipinski definition) is 2. The van der Waals surface area contributed by atoms with Gasteiger partial charge < -0.3 is 15.5 Å². The van der Waals surface area contributed by atoms with Crippen molar-refractivity contribution in [3.05, 3.63) is 33.9 Å². The number of nitro benzene ring substituents is 1. The second-order valence-corrected chi connectivity index (χ2v) is 7.60. The molecule has 0 saturated carbocycles. The van der Waals surface area contributed by atoms with E-state index >= 15 is 0 Å². The molecule has 2 fully saturated rings. The van der Waals surface area contributed by atoms with Crippen molar-refractivity contribution in [2.45, 2.75) is 51.6 Å². The molecule has 0 aromatic heterocycles. The fourth-order valence-electron chi connectivity index (χ4n) is 3.82. The number of amides is 1. The van der Waals surface area contributed by atoms with Gasteiger partial charge in [0.1, 0.15) is 5.69 Å². The summed E-state index contributed by atoms with van der Waals surface area (Å²) in [5, 5.41) is 17.9. The molecule has 7 nitrogen and oxygen atoms in total. The predicted molar refractivity (Wildman–Crippen MR) is 109 cm³/mol. The summed E-state index contributed by atoms with van der Waals surface area (Å²) in [4.78, 5) is 25.9. The lowest BCUT2D eigenvalue weighted by molar-refractivity contribution is -0.384. The van der Waals surface area contributed by atoms with Crippen LogP contribution in [0, 0.1) is 16.0 Å². The first-order chi connectivity index (χ1) is 12.5. The lowest BCUT2D eigenvalue weighted by Gasteiger charge is -2.32. The van der Waals surface area contributed by atoms with Crippen LogP contribution in [-0.2, 0) is 0 Å². The van der Waals surface area contributed by atoms with E-state index in [0.717, 1.165) is 45.3 Å². The van der Waals surface area contributed by atoms with Crippen LogP contribution in [0.15, 0.2) is 18.2 Å². The maximum Gasteiger partial charge on any atom is 0.293 e. The minimum Gasteiger partial charge on any atom is -0.366 e. The minimum absolute atomic E-state index is 0. The van der Waals surface area contributed by atoms with E-state index in [9.17, 15) is 14.9 Å². The van der Waals surface area contributed by atoms with Crippen molar-refractivity contribution in [3.63, 3.8) is 0 Å². The molecule has 2 N–H and O–H groups in total. The molecule has 2 atom stereocenters. The number of nitro groups is 1. The molecule has 27 heavy (non-hydrogen) atoms. The van der Waals surface area contributed by atoms with Gasteiger partial charge in [-0.3, -0.25) is 14.9 Å². The smallest absolute Gasteiger partial charge is 0.293 e. The van der Waals surface area contributed by atoms with E-state index in [2.05, 4.69) is 22.5 Å². The molecule has 0 spiro atoms. The van der Waals surface area contributed by atoms with Crippen LogP contribution in [0.2, 0.25) is 0 Å². The van der Waals surface area contributed by atoms with Crippen molar-refractivity contribution < 1.29 is 9.72 Å². The number of benzene rings is 1.